The first-order valence-electron chi connectivity index (χ1n) is 4.32. The van der Waals surface area contributed by atoms with Gasteiger partial charge in [-0.25, -0.2) is 0 Å². The Morgan fingerprint density at radius 3 is 2.62 bits per heavy atom. The molecule has 2 N–H and O–H groups in total. The van der Waals surface area contributed by atoms with E-state index < -0.39 is 7.12 Å². The van der Waals surface area contributed by atoms with Crippen molar-refractivity contribution in [2.75, 3.05) is 18.5 Å². The third-order valence-corrected chi connectivity index (χ3v) is 2.08. The predicted molar refractivity (Wildman–Crippen MR) is 55.2 cm³/mol. The molecule has 0 saturated heterocycles. The van der Waals surface area contributed by atoms with E-state index in [1.54, 1.807) is 12.1 Å². The Bertz CT molecular complexity index is 278. The highest BCUT2D eigenvalue weighted by Crippen LogP contribution is 2.08. The summed E-state index contributed by atoms with van der Waals surface area (Å²) < 4.78 is 0. The fourth-order valence-corrected chi connectivity index (χ4v) is 1.11. The molecule has 70 valence electrons. The molecule has 0 fully saturated rings. The van der Waals surface area contributed by atoms with E-state index in [1.807, 2.05) is 31.0 Å². The van der Waals surface area contributed by atoms with Crippen molar-refractivity contribution in [1.29, 1.82) is 0 Å². The molecular weight excluding hydrogens is 165 g/mol. The van der Waals surface area contributed by atoms with Gasteiger partial charge in [0.25, 0.3) is 0 Å². The van der Waals surface area contributed by atoms with Crippen LogP contribution in [0.5, 0.6) is 0 Å². The van der Waals surface area contributed by atoms with Crippen molar-refractivity contribution in [3.8, 4) is 0 Å². The van der Waals surface area contributed by atoms with Gasteiger partial charge in [-0.05, 0) is 24.5 Å². The van der Waals surface area contributed by atoms with Crippen molar-refractivity contribution < 1.29 is 10.0 Å². The van der Waals surface area contributed by atoms with E-state index in [-0.39, 0.29) is 0 Å². The van der Waals surface area contributed by atoms with Gasteiger partial charge in [0, 0.05) is 19.3 Å². The summed E-state index contributed by atoms with van der Waals surface area (Å²) in [4.78, 5) is 2.03. The van der Waals surface area contributed by atoms with E-state index in [2.05, 4.69) is 0 Å². The Balaban J connectivity index is 2.91. The van der Waals surface area contributed by atoms with Crippen LogP contribution in [0, 0.1) is 0 Å². The Morgan fingerprint density at radius 1 is 1.38 bits per heavy atom. The molecule has 0 saturated carbocycles. The molecule has 0 bridgehead atoms. The van der Waals surface area contributed by atoms with Crippen LogP contribution in [0.25, 0.3) is 0 Å². The van der Waals surface area contributed by atoms with Crippen LogP contribution in [0.15, 0.2) is 24.3 Å². The molecule has 0 aromatic heterocycles. The minimum atomic E-state index is -1.38. The van der Waals surface area contributed by atoms with E-state index in [0.717, 1.165) is 12.2 Å². The molecule has 0 amide bonds. The highest BCUT2D eigenvalue weighted by atomic mass is 16.4. The molecule has 1 rings (SSSR count). The standard InChI is InChI=1S/C9H14BNO2/c1-3-11(2)9-6-4-5-8(7-9)10(12)13/h4-7,12-13H,3H2,1-2H3. The molecule has 0 spiro atoms. The maximum atomic E-state index is 8.94. The number of rotatable bonds is 3. The van der Waals surface area contributed by atoms with Gasteiger partial charge in [0.2, 0.25) is 0 Å². The quantitative estimate of drug-likeness (QED) is 0.632. The summed E-state index contributed by atoms with van der Waals surface area (Å²) >= 11 is 0. The van der Waals surface area contributed by atoms with E-state index in [4.69, 9.17) is 10.0 Å². The lowest BCUT2D eigenvalue weighted by Gasteiger charge is -2.17. The Morgan fingerprint density at radius 2 is 2.08 bits per heavy atom. The third kappa shape index (κ3) is 2.47. The molecule has 0 aliphatic carbocycles. The Kier molecular flexibility index (Phi) is 3.34. The van der Waals surface area contributed by atoms with Crippen LogP contribution in [0.3, 0.4) is 0 Å². The summed E-state index contributed by atoms with van der Waals surface area (Å²) in [6, 6.07) is 7.22. The normalized spacial score (nSPS) is 9.85. The van der Waals surface area contributed by atoms with E-state index >= 15 is 0 Å². The highest BCUT2D eigenvalue weighted by molar-refractivity contribution is 6.58. The summed E-state index contributed by atoms with van der Waals surface area (Å²) in [6.45, 7) is 2.94. The van der Waals surface area contributed by atoms with Crippen LogP contribution in [-0.2, 0) is 0 Å². The van der Waals surface area contributed by atoms with Gasteiger partial charge in [-0.3, -0.25) is 0 Å². The maximum absolute atomic E-state index is 8.94. The minimum Gasteiger partial charge on any atom is -0.423 e. The van der Waals surface area contributed by atoms with Crippen LogP contribution < -0.4 is 10.4 Å². The van der Waals surface area contributed by atoms with E-state index in [9.17, 15) is 0 Å². The third-order valence-electron chi connectivity index (χ3n) is 2.08. The van der Waals surface area contributed by atoms with E-state index in [1.165, 1.54) is 0 Å². The van der Waals surface area contributed by atoms with Gasteiger partial charge in [0.05, 0.1) is 0 Å². The number of hydrogen-bond acceptors (Lipinski definition) is 3. The second-order valence-corrected chi connectivity index (χ2v) is 2.98. The van der Waals surface area contributed by atoms with Crippen molar-refractivity contribution in [3.05, 3.63) is 24.3 Å². The number of benzene rings is 1. The molecular formula is C9H14BNO2. The van der Waals surface area contributed by atoms with Crippen LogP contribution in [-0.4, -0.2) is 30.8 Å². The number of anilines is 1. The van der Waals surface area contributed by atoms with Crippen molar-refractivity contribution in [1.82, 2.24) is 0 Å². The van der Waals surface area contributed by atoms with Gasteiger partial charge in [0.1, 0.15) is 0 Å². The lowest BCUT2D eigenvalue weighted by Crippen LogP contribution is -2.30. The van der Waals surface area contributed by atoms with Crippen LogP contribution in [0.2, 0.25) is 0 Å². The Labute approximate surface area is 78.8 Å². The van der Waals surface area contributed by atoms with Crippen LogP contribution in [0.4, 0.5) is 5.69 Å². The molecule has 0 heterocycles. The highest BCUT2D eigenvalue weighted by Gasteiger charge is 2.11. The average Bonchev–Trinajstić information content (AvgIpc) is 2.17. The van der Waals surface area contributed by atoms with Gasteiger partial charge >= 0.3 is 7.12 Å². The van der Waals surface area contributed by atoms with Gasteiger partial charge in [-0.15, -0.1) is 0 Å². The fraction of sp³-hybridized carbons (Fsp3) is 0.333. The predicted octanol–water partition coefficient (Wildman–Crippen LogP) is -0.178. The SMILES string of the molecule is CCN(C)c1cccc(B(O)O)c1. The molecule has 0 radical (unpaired) electrons. The van der Waals surface area contributed by atoms with Crippen molar-refractivity contribution >= 4 is 18.3 Å². The zero-order chi connectivity index (χ0) is 9.84. The van der Waals surface area contributed by atoms with Crippen LogP contribution >= 0.6 is 0 Å². The van der Waals surface area contributed by atoms with Crippen molar-refractivity contribution in [3.63, 3.8) is 0 Å². The van der Waals surface area contributed by atoms with Gasteiger partial charge in [0.15, 0.2) is 0 Å². The second-order valence-electron chi connectivity index (χ2n) is 2.98. The molecule has 0 aliphatic rings. The Hall–Kier alpha value is -0.995. The average molecular weight is 179 g/mol. The topological polar surface area (TPSA) is 43.7 Å². The van der Waals surface area contributed by atoms with Gasteiger partial charge in [-0.1, -0.05) is 12.1 Å². The van der Waals surface area contributed by atoms with Crippen molar-refractivity contribution in [2.45, 2.75) is 6.92 Å². The van der Waals surface area contributed by atoms with Crippen LogP contribution in [0.1, 0.15) is 6.92 Å². The molecule has 0 unspecified atom stereocenters. The lowest BCUT2D eigenvalue weighted by molar-refractivity contribution is 0.426. The maximum Gasteiger partial charge on any atom is 0.488 e. The first-order chi connectivity index (χ1) is 6.15. The molecule has 1 aromatic carbocycles. The number of hydrogen-bond donors (Lipinski definition) is 2. The fourth-order valence-electron chi connectivity index (χ4n) is 1.11. The summed E-state index contributed by atoms with van der Waals surface area (Å²) in [6.07, 6.45) is 0. The molecule has 0 aliphatic heterocycles. The number of nitrogens with zero attached hydrogens (tertiary/aromatic N) is 1. The van der Waals surface area contributed by atoms with Gasteiger partial charge in [-0.2, -0.15) is 0 Å². The summed E-state index contributed by atoms with van der Waals surface area (Å²) in [5.41, 5.74) is 1.52. The van der Waals surface area contributed by atoms with Gasteiger partial charge < -0.3 is 14.9 Å². The second kappa shape index (κ2) is 4.30. The molecule has 3 nitrogen and oxygen atoms in total. The summed E-state index contributed by atoms with van der Waals surface area (Å²) in [7, 11) is 0.577. The molecule has 0 atom stereocenters. The first-order valence-corrected chi connectivity index (χ1v) is 4.32. The minimum absolute atomic E-state index is 0.526. The van der Waals surface area contributed by atoms with E-state index in [0.29, 0.717) is 5.46 Å². The summed E-state index contributed by atoms with van der Waals surface area (Å²) in [5, 5.41) is 17.9. The molecule has 13 heavy (non-hydrogen) atoms. The first kappa shape index (κ1) is 10.1. The molecule has 4 heteroatoms. The van der Waals surface area contributed by atoms with Crippen molar-refractivity contribution in [2.24, 2.45) is 0 Å². The summed E-state index contributed by atoms with van der Waals surface area (Å²) in [5.74, 6) is 0. The molecule has 1 aromatic rings. The zero-order valence-electron chi connectivity index (χ0n) is 7.94. The zero-order valence-corrected chi connectivity index (χ0v) is 7.94. The largest absolute Gasteiger partial charge is 0.488 e. The smallest absolute Gasteiger partial charge is 0.423 e. The lowest BCUT2D eigenvalue weighted by atomic mass is 9.80. The monoisotopic (exact) mass is 179 g/mol.